The zero-order chi connectivity index (χ0) is 14.8. The van der Waals surface area contributed by atoms with Crippen LogP contribution in [0.3, 0.4) is 0 Å². The van der Waals surface area contributed by atoms with Crippen molar-refractivity contribution in [1.29, 1.82) is 0 Å². The zero-order valence-corrected chi connectivity index (χ0v) is 12.3. The van der Waals surface area contributed by atoms with Crippen molar-refractivity contribution in [1.82, 2.24) is 0 Å². The van der Waals surface area contributed by atoms with E-state index in [0.29, 0.717) is 6.54 Å². The highest BCUT2D eigenvalue weighted by Crippen LogP contribution is 2.38. The Balaban J connectivity index is 2.12. The van der Waals surface area contributed by atoms with E-state index in [4.69, 9.17) is 19.9 Å². The lowest BCUT2D eigenvalue weighted by Gasteiger charge is -2.13. The number of fused-ring (bicyclic) bond motifs is 1. The van der Waals surface area contributed by atoms with Gasteiger partial charge in [0.2, 0.25) is 0 Å². The number of hydrogen-bond acceptors (Lipinski definition) is 4. The van der Waals surface area contributed by atoms with Crippen LogP contribution in [0.15, 0.2) is 30.3 Å². The van der Waals surface area contributed by atoms with Crippen molar-refractivity contribution in [2.75, 3.05) is 20.8 Å². The molecule has 2 aromatic carbocycles. The van der Waals surface area contributed by atoms with E-state index in [1.54, 1.807) is 14.2 Å². The summed E-state index contributed by atoms with van der Waals surface area (Å²) in [7, 11) is 3.31. The van der Waals surface area contributed by atoms with Crippen LogP contribution in [0.5, 0.6) is 17.2 Å². The van der Waals surface area contributed by atoms with Crippen molar-refractivity contribution >= 4 is 0 Å². The fourth-order valence-electron chi connectivity index (χ4n) is 2.73. The molecule has 4 nitrogen and oxygen atoms in total. The Hall–Kier alpha value is -2.20. The third-order valence-electron chi connectivity index (χ3n) is 3.80. The average molecular weight is 285 g/mol. The summed E-state index contributed by atoms with van der Waals surface area (Å²) in [6.07, 6.45) is 0.925. The normalized spacial score (nSPS) is 12.7. The molecule has 0 fully saturated rings. The third kappa shape index (κ3) is 2.43. The minimum absolute atomic E-state index is 0.467. The van der Waals surface area contributed by atoms with Crippen LogP contribution in [0.25, 0.3) is 11.1 Å². The van der Waals surface area contributed by atoms with Crippen molar-refractivity contribution in [3.8, 4) is 28.4 Å². The first-order chi connectivity index (χ1) is 10.3. The van der Waals surface area contributed by atoms with Crippen molar-refractivity contribution in [3.63, 3.8) is 0 Å². The van der Waals surface area contributed by atoms with Gasteiger partial charge in [0.15, 0.2) is 0 Å². The predicted molar refractivity (Wildman–Crippen MR) is 82.1 cm³/mol. The summed E-state index contributed by atoms with van der Waals surface area (Å²) in [6, 6.07) is 10.1. The molecule has 3 rings (SSSR count). The molecule has 0 saturated carbocycles. The molecular formula is C17H19NO3. The highest BCUT2D eigenvalue weighted by molar-refractivity contribution is 5.74. The molecule has 0 radical (unpaired) electrons. The van der Waals surface area contributed by atoms with Gasteiger partial charge in [0.25, 0.3) is 0 Å². The molecule has 1 aliphatic heterocycles. The van der Waals surface area contributed by atoms with Crippen molar-refractivity contribution < 1.29 is 14.2 Å². The van der Waals surface area contributed by atoms with Crippen LogP contribution in [0.1, 0.15) is 11.1 Å². The van der Waals surface area contributed by atoms with Gasteiger partial charge in [-0.1, -0.05) is 0 Å². The van der Waals surface area contributed by atoms with Gasteiger partial charge in [0.1, 0.15) is 17.2 Å². The van der Waals surface area contributed by atoms with Gasteiger partial charge in [0, 0.05) is 30.2 Å². The van der Waals surface area contributed by atoms with Gasteiger partial charge in [-0.3, -0.25) is 0 Å². The average Bonchev–Trinajstić information content (AvgIpc) is 3.01. The van der Waals surface area contributed by atoms with Crippen LogP contribution in [-0.2, 0) is 13.0 Å². The number of hydrogen-bond donors (Lipinski definition) is 1. The number of benzene rings is 2. The summed E-state index contributed by atoms with van der Waals surface area (Å²) in [6.45, 7) is 1.19. The molecule has 0 spiro atoms. The van der Waals surface area contributed by atoms with Crippen molar-refractivity contribution in [2.45, 2.75) is 13.0 Å². The summed E-state index contributed by atoms with van der Waals surface area (Å²) in [5.74, 6) is 2.52. The Kier molecular flexibility index (Phi) is 3.71. The molecule has 21 heavy (non-hydrogen) atoms. The van der Waals surface area contributed by atoms with Gasteiger partial charge in [-0.05, 0) is 35.4 Å². The fraction of sp³-hybridized carbons (Fsp3) is 0.294. The lowest BCUT2D eigenvalue weighted by Crippen LogP contribution is -2.00. The summed E-state index contributed by atoms with van der Waals surface area (Å²) in [5.41, 5.74) is 10.2. The highest BCUT2D eigenvalue weighted by atomic mass is 16.5. The summed E-state index contributed by atoms with van der Waals surface area (Å²) >= 11 is 0. The molecule has 0 unspecified atom stereocenters. The highest BCUT2D eigenvalue weighted by Gasteiger charge is 2.19. The minimum atomic E-state index is 0.467. The second kappa shape index (κ2) is 5.66. The largest absolute Gasteiger partial charge is 0.497 e. The van der Waals surface area contributed by atoms with Crippen LogP contribution in [0.4, 0.5) is 0 Å². The first-order valence-corrected chi connectivity index (χ1v) is 6.98. The third-order valence-corrected chi connectivity index (χ3v) is 3.80. The van der Waals surface area contributed by atoms with Gasteiger partial charge >= 0.3 is 0 Å². The standard InChI is InChI=1S/C17H19NO3/c1-19-14-3-4-15(16(9-14)20-2)12-7-11-5-6-21-17(11)13(8-12)10-18/h3-4,7-9H,5-6,10,18H2,1-2H3. The Bertz CT molecular complexity index is 667. The summed E-state index contributed by atoms with van der Waals surface area (Å²) < 4.78 is 16.4. The monoisotopic (exact) mass is 285 g/mol. The van der Waals surface area contributed by atoms with Gasteiger partial charge in [0.05, 0.1) is 20.8 Å². The van der Waals surface area contributed by atoms with Crippen LogP contribution in [0.2, 0.25) is 0 Å². The van der Waals surface area contributed by atoms with Crippen molar-refractivity contribution in [3.05, 3.63) is 41.5 Å². The molecular weight excluding hydrogens is 266 g/mol. The number of ether oxygens (including phenoxy) is 3. The maximum atomic E-state index is 5.85. The van der Waals surface area contributed by atoms with Gasteiger partial charge in [-0.15, -0.1) is 0 Å². The first-order valence-electron chi connectivity index (χ1n) is 6.98. The van der Waals surface area contributed by atoms with E-state index < -0.39 is 0 Å². The Morgan fingerprint density at radius 1 is 1.14 bits per heavy atom. The SMILES string of the molecule is COc1ccc(-c2cc(CN)c3c(c2)CCO3)c(OC)c1. The Morgan fingerprint density at radius 2 is 2.00 bits per heavy atom. The topological polar surface area (TPSA) is 53.7 Å². The molecule has 0 amide bonds. The predicted octanol–water partition coefficient (Wildman–Crippen LogP) is 2.76. The molecule has 2 aromatic rings. The molecule has 0 saturated heterocycles. The van der Waals surface area contributed by atoms with E-state index in [1.807, 2.05) is 18.2 Å². The maximum absolute atomic E-state index is 5.85. The van der Waals surface area contributed by atoms with E-state index >= 15 is 0 Å². The molecule has 0 aliphatic carbocycles. The lowest BCUT2D eigenvalue weighted by molar-refractivity contribution is 0.353. The quantitative estimate of drug-likeness (QED) is 0.938. The number of rotatable bonds is 4. The molecule has 1 heterocycles. The van der Waals surface area contributed by atoms with Crippen LogP contribution in [-0.4, -0.2) is 20.8 Å². The van der Waals surface area contributed by atoms with E-state index in [-0.39, 0.29) is 0 Å². The second-order valence-corrected chi connectivity index (χ2v) is 4.99. The Morgan fingerprint density at radius 3 is 2.71 bits per heavy atom. The Labute approximate surface area is 124 Å². The number of methoxy groups -OCH3 is 2. The smallest absolute Gasteiger partial charge is 0.130 e. The molecule has 4 heteroatoms. The maximum Gasteiger partial charge on any atom is 0.130 e. The van der Waals surface area contributed by atoms with E-state index in [9.17, 15) is 0 Å². The molecule has 2 N–H and O–H groups in total. The molecule has 110 valence electrons. The van der Waals surface area contributed by atoms with E-state index in [2.05, 4.69) is 12.1 Å². The van der Waals surface area contributed by atoms with Crippen LogP contribution in [0, 0.1) is 0 Å². The van der Waals surface area contributed by atoms with Gasteiger partial charge < -0.3 is 19.9 Å². The van der Waals surface area contributed by atoms with E-state index in [1.165, 1.54) is 5.56 Å². The number of nitrogens with two attached hydrogens (primary N) is 1. The molecule has 0 atom stereocenters. The molecule has 1 aliphatic rings. The van der Waals surface area contributed by atoms with Gasteiger partial charge in [-0.25, -0.2) is 0 Å². The first kappa shape index (κ1) is 13.8. The second-order valence-electron chi connectivity index (χ2n) is 4.99. The van der Waals surface area contributed by atoms with Crippen molar-refractivity contribution in [2.24, 2.45) is 5.73 Å². The van der Waals surface area contributed by atoms with Gasteiger partial charge in [-0.2, -0.15) is 0 Å². The fourth-order valence-corrected chi connectivity index (χ4v) is 2.73. The molecule has 0 aromatic heterocycles. The molecule has 0 bridgehead atoms. The lowest BCUT2D eigenvalue weighted by atomic mass is 9.97. The van der Waals surface area contributed by atoms with E-state index in [0.717, 1.165) is 47.0 Å². The zero-order valence-electron chi connectivity index (χ0n) is 12.3. The summed E-state index contributed by atoms with van der Waals surface area (Å²) in [4.78, 5) is 0. The van der Waals surface area contributed by atoms with Crippen LogP contribution < -0.4 is 19.9 Å². The minimum Gasteiger partial charge on any atom is -0.497 e. The summed E-state index contributed by atoms with van der Waals surface area (Å²) in [5, 5.41) is 0. The van der Waals surface area contributed by atoms with Crippen LogP contribution >= 0.6 is 0 Å².